The molecule has 5 atom stereocenters. The minimum absolute atomic E-state index is 0.0819. The molecule has 4 rings (SSSR count). The first-order chi connectivity index (χ1) is 10.2. The lowest BCUT2D eigenvalue weighted by atomic mass is 9.49. The van der Waals surface area contributed by atoms with E-state index in [9.17, 15) is 9.90 Å². The van der Waals surface area contributed by atoms with Crippen LogP contribution in [0.2, 0.25) is 0 Å². The molecule has 2 heteroatoms. The lowest BCUT2D eigenvalue weighted by molar-refractivity contribution is -0.172. The van der Waals surface area contributed by atoms with Gasteiger partial charge in [-0.25, -0.2) is 0 Å². The molecule has 2 nitrogen and oxygen atoms in total. The summed E-state index contributed by atoms with van der Waals surface area (Å²) in [5.41, 5.74) is 0.536. The normalized spacial score (nSPS) is 42.4. The summed E-state index contributed by atoms with van der Waals surface area (Å²) < 4.78 is 0. The molecule has 0 spiro atoms. The van der Waals surface area contributed by atoms with Gasteiger partial charge in [0.25, 0.3) is 0 Å². The zero-order valence-corrected chi connectivity index (χ0v) is 12.5. The highest BCUT2D eigenvalue weighted by molar-refractivity contribution is 5.87. The molecule has 0 radical (unpaired) electrons. The Morgan fingerprint density at radius 3 is 2.62 bits per heavy atom. The highest BCUT2D eigenvalue weighted by Gasteiger charge is 2.59. The number of fused-ring (bicyclic) bond motifs is 4. The number of carbonyl (C=O) groups is 1. The average molecular weight is 284 g/mol. The predicted octanol–water partition coefficient (Wildman–Crippen LogP) is 3.69. The third-order valence-corrected chi connectivity index (χ3v) is 6.36. The van der Waals surface area contributed by atoms with E-state index >= 15 is 0 Å². The van der Waals surface area contributed by atoms with E-state index < -0.39 is 5.60 Å². The van der Waals surface area contributed by atoms with E-state index in [0.29, 0.717) is 5.78 Å². The second kappa shape index (κ2) is 4.95. The van der Waals surface area contributed by atoms with Crippen LogP contribution in [-0.2, 0) is 4.79 Å². The van der Waals surface area contributed by atoms with Crippen molar-refractivity contribution < 1.29 is 9.90 Å². The van der Waals surface area contributed by atoms with Gasteiger partial charge in [0.05, 0.1) is 5.60 Å². The molecule has 3 aliphatic carbocycles. The first-order valence-electron chi connectivity index (χ1n) is 8.53. The number of rotatable bonds is 1. The molecule has 1 aromatic carbocycles. The van der Waals surface area contributed by atoms with Gasteiger partial charge in [0.2, 0.25) is 0 Å². The predicted molar refractivity (Wildman–Crippen MR) is 81.9 cm³/mol. The number of Topliss-reactive ketones (excluding diaryl/α,β-unsaturated/α-hetero) is 1. The van der Waals surface area contributed by atoms with E-state index in [1.54, 1.807) is 0 Å². The van der Waals surface area contributed by atoms with Crippen LogP contribution in [-0.4, -0.2) is 16.5 Å². The summed E-state index contributed by atoms with van der Waals surface area (Å²) in [6.45, 7) is 0. The molecule has 1 aromatic rings. The van der Waals surface area contributed by atoms with Crippen molar-refractivity contribution >= 4 is 5.78 Å². The summed E-state index contributed by atoms with van der Waals surface area (Å²) >= 11 is 0. The van der Waals surface area contributed by atoms with Crippen molar-refractivity contribution in [2.24, 2.45) is 17.8 Å². The Bertz CT molecular complexity index is 538. The Balaban J connectivity index is 1.82. The lowest BCUT2D eigenvalue weighted by Gasteiger charge is -2.56. The fraction of sp³-hybridized carbons (Fsp3) is 0.632. The quantitative estimate of drug-likeness (QED) is 0.854. The van der Waals surface area contributed by atoms with Gasteiger partial charge in [-0.05, 0) is 43.1 Å². The van der Waals surface area contributed by atoms with E-state index in [-0.39, 0.29) is 23.7 Å². The molecule has 0 aliphatic heterocycles. The highest BCUT2D eigenvalue weighted by atomic mass is 16.3. The van der Waals surface area contributed by atoms with Crippen LogP contribution in [0.15, 0.2) is 30.3 Å². The van der Waals surface area contributed by atoms with Crippen molar-refractivity contribution in [3.63, 3.8) is 0 Å². The average Bonchev–Trinajstić information content (AvgIpc) is 2.50. The smallest absolute Gasteiger partial charge is 0.142 e. The van der Waals surface area contributed by atoms with Crippen LogP contribution < -0.4 is 0 Å². The first-order valence-corrected chi connectivity index (χ1v) is 8.53. The third kappa shape index (κ3) is 1.92. The zero-order valence-electron chi connectivity index (χ0n) is 12.5. The van der Waals surface area contributed by atoms with Crippen LogP contribution in [0.3, 0.4) is 0 Å². The van der Waals surface area contributed by atoms with Gasteiger partial charge in [-0.15, -0.1) is 0 Å². The fourth-order valence-electron chi connectivity index (χ4n) is 5.49. The van der Waals surface area contributed by atoms with Gasteiger partial charge in [0.15, 0.2) is 0 Å². The van der Waals surface area contributed by atoms with Crippen molar-refractivity contribution in [2.45, 2.75) is 56.5 Å². The van der Waals surface area contributed by atoms with Crippen molar-refractivity contribution in [2.75, 3.05) is 0 Å². The van der Waals surface area contributed by atoms with Crippen LogP contribution in [0.25, 0.3) is 0 Å². The SMILES string of the molecule is O=C1[C@H]2CCC[C@H]1[C@@]1(O)CCCC[C@@H]1[C@@H]2c1ccccc1. The van der Waals surface area contributed by atoms with Crippen LogP contribution in [0.4, 0.5) is 0 Å². The van der Waals surface area contributed by atoms with E-state index in [2.05, 4.69) is 24.3 Å². The minimum Gasteiger partial charge on any atom is -0.389 e. The molecule has 0 aromatic heterocycles. The second-order valence-electron chi connectivity index (χ2n) is 7.27. The molecule has 3 saturated carbocycles. The number of hydrogen-bond acceptors (Lipinski definition) is 2. The Morgan fingerprint density at radius 2 is 1.81 bits per heavy atom. The van der Waals surface area contributed by atoms with E-state index in [1.807, 2.05) is 6.07 Å². The summed E-state index contributed by atoms with van der Waals surface area (Å²) in [5.74, 6) is 0.939. The molecule has 0 amide bonds. The molecule has 3 aliphatic rings. The van der Waals surface area contributed by atoms with E-state index in [1.165, 1.54) is 12.0 Å². The molecule has 112 valence electrons. The van der Waals surface area contributed by atoms with E-state index in [0.717, 1.165) is 38.5 Å². The zero-order chi connectivity index (χ0) is 14.4. The summed E-state index contributed by atoms with van der Waals surface area (Å²) in [7, 11) is 0. The maximum atomic E-state index is 12.9. The summed E-state index contributed by atoms with van der Waals surface area (Å²) in [6.07, 6.45) is 7.19. The summed E-state index contributed by atoms with van der Waals surface area (Å²) in [4.78, 5) is 12.9. The topological polar surface area (TPSA) is 37.3 Å². The molecule has 0 saturated heterocycles. The van der Waals surface area contributed by atoms with Crippen molar-refractivity contribution in [1.82, 2.24) is 0 Å². The Kier molecular flexibility index (Phi) is 3.18. The summed E-state index contributed by atoms with van der Waals surface area (Å²) in [5, 5.41) is 11.4. The van der Waals surface area contributed by atoms with Gasteiger partial charge in [0.1, 0.15) is 5.78 Å². The van der Waals surface area contributed by atoms with Gasteiger partial charge in [-0.2, -0.15) is 0 Å². The molecular weight excluding hydrogens is 260 g/mol. The highest BCUT2D eigenvalue weighted by Crippen LogP contribution is 2.57. The molecule has 1 N–H and O–H groups in total. The summed E-state index contributed by atoms with van der Waals surface area (Å²) in [6, 6.07) is 10.5. The first kappa shape index (κ1) is 13.5. The maximum Gasteiger partial charge on any atom is 0.142 e. The molecule has 21 heavy (non-hydrogen) atoms. The molecule has 0 heterocycles. The van der Waals surface area contributed by atoms with Crippen LogP contribution in [0.5, 0.6) is 0 Å². The van der Waals surface area contributed by atoms with Crippen molar-refractivity contribution in [3.05, 3.63) is 35.9 Å². The van der Waals surface area contributed by atoms with Crippen LogP contribution >= 0.6 is 0 Å². The number of carbonyl (C=O) groups excluding carboxylic acids is 1. The fourth-order valence-corrected chi connectivity index (χ4v) is 5.49. The van der Waals surface area contributed by atoms with E-state index in [4.69, 9.17) is 0 Å². The molecule has 2 bridgehead atoms. The molecule has 3 fully saturated rings. The van der Waals surface area contributed by atoms with Gasteiger partial charge in [-0.1, -0.05) is 49.6 Å². The van der Waals surface area contributed by atoms with Crippen molar-refractivity contribution in [3.8, 4) is 0 Å². The lowest BCUT2D eigenvalue weighted by Crippen LogP contribution is -2.60. The Hall–Kier alpha value is -1.15. The maximum absolute atomic E-state index is 12.9. The monoisotopic (exact) mass is 284 g/mol. The van der Waals surface area contributed by atoms with Gasteiger partial charge < -0.3 is 5.11 Å². The van der Waals surface area contributed by atoms with Gasteiger partial charge in [-0.3, -0.25) is 4.79 Å². The van der Waals surface area contributed by atoms with Crippen LogP contribution in [0, 0.1) is 17.8 Å². The number of ketones is 1. The third-order valence-electron chi connectivity index (χ3n) is 6.36. The standard InChI is InChI=1S/C19H24O2/c20-18-14-9-6-11-16(18)19(21)12-5-4-10-15(19)17(14)13-7-2-1-3-8-13/h1-3,7-8,14-17,21H,4-6,9-12H2/t14-,15+,16+,17+,19+/m0/s1. The Morgan fingerprint density at radius 1 is 1.00 bits per heavy atom. The van der Waals surface area contributed by atoms with Crippen molar-refractivity contribution in [1.29, 1.82) is 0 Å². The Labute approximate surface area is 126 Å². The second-order valence-corrected chi connectivity index (χ2v) is 7.27. The largest absolute Gasteiger partial charge is 0.389 e. The van der Waals surface area contributed by atoms with Gasteiger partial charge in [0, 0.05) is 11.8 Å². The molecular formula is C19H24O2. The number of benzene rings is 1. The molecule has 0 unspecified atom stereocenters. The van der Waals surface area contributed by atoms with Gasteiger partial charge >= 0.3 is 0 Å². The van der Waals surface area contributed by atoms with Crippen LogP contribution in [0.1, 0.15) is 56.4 Å². The minimum atomic E-state index is -0.729. The number of hydrogen-bond donors (Lipinski definition) is 1. The number of aliphatic hydroxyl groups is 1.